The van der Waals surface area contributed by atoms with Crippen LogP contribution in [0.15, 0.2) is 30.6 Å². The molecule has 0 bridgehead atoms. The minimum Gasteiger partial charge on any atom is -0.353 e. The standard InChI is InChI=1S/C16H23N7/c1-16(2,3)20-15-19-14(12-18-21-15)23-10-8-22(9-11-23)13-6-4-5-7-17-13/h4-7,12H,8-11H2,1-3H3,(H,19,20,21). The molecule has 2 aromatic heterocycles. The molecular formula is C16H23N7. The van der Waals surface area contributed by atoms with Gasteiger partial charge in [-0.3, -0.25) is 0 Å². The van der Waals surface area contributed by atoms with Crippen molar-refractivity contribution in [1.82, 2.24) is 20.2 Å². The molecule has 1 saturated heterocycles. The highest BCUT2D eigenvalue weighted by Gasteiger charge is 2.20. The molecule has 3 rings (SSSR count). The molecular weight excluding hydrogens is 290 g/mol. The van der Waals surface area contributed by atoms with Crippen molar-refractivity contribution in [3.63, 3.8) is 0 Å². The minimum atomic E-state index is -0.0853. The van der Waals surface area contributed by atoms with E-state index in [2.05, 4.69) is 56.1 Å². The van der Waals surface area contributed by atoms with E-state index in [1.54, 1.807) is 6.20 Å². The molecule has 0 aromatic carbocycles. The lowest BCUT2D eigenvalue weighted by atomic mass is 10.1. The van der Waals surface area contributed by atoms with Crippen LogP contribution in [-0.2, 0) is 0 Å². The summed E-state index contributed by atoms with van der Waals surface area (Å²) in [6.45, 7) is 9.86. The average molecular weight is 313 g/mol. The highest BCUT2D eigenvalue weighted by Crippen LogP contribution is 2.18. The summed E-state index contributed by atoms with van der Waals surface area (Å²) in [5.41, 5.74) is -0.0853. The van der Waals surface area contributed by atoms with Crippen molar-refractivity contribution in [1.29, 1.82) is 0 Å². The molecule has 0 amide bonds. The van der Waals surface area contributed by atoms with Gasteiger partial charge < -0.3 is 15.1 Å². The van der Waals surface area contributed by atoms with Crippen molar-refractivity contribution in [3.05, 3.63) is 30.6 Å². The summed E-state index contributed by atoms with van der Waals surface area (Å²) in [5.74, 6) is 2.47. The summed E-state index contributed by atoms with van der Waals surface area (Å²) in [6, 6.07) is 6.01. The Balaban J connectivity index is 1.65. The van der Waals surface area contributed by atoms with Gasteiger partial charge in [0.25, 0.3) is 0 Å². The molecule has 1 aliphatic heterocycles. The molecule has 1 aliphatic rings. The van der Waals surface area contributed by atoms with Gasteiger partial charge in [0.1, 0.15) is 5.82 Å². The highest BCUT2D eigenvalue weighted by molar-refractivity contribution is 5.45. The Kier molecular flexibility index (Phi) is 4.27. The Morgan fingerprint density at radius 3 is 2.30 bits per heavy atom. The zero-order valence-electron chi connectivity index (χ0n) is 13.9. The van der Waals surface area contributed by atoms with Crippen LogP contribution < -0.4 is 15.1 Å². The number of hydrogen-bond acceptors (Lipinski definition) is 7. The third kappa shape index (κ3) is 4.06. The van der Waals surface area contributed by atoms with E-state index in [0.29, 0.717) is 5.95 Å². The number of pyridine rings is 1. The Hall–Kier alpha value is -2.44. The molecule has 7 nitrogen and oxygen atoms in total. The molecule has 0 atom stereocenters. The van der Waals surface area contributed by atoms with Crippen LogP contribution in [0.1, 0.15) is 20.8 Å². The van der Waals surface area contributed by atoms with Crippen molar-refractivity contribution in [2.45, 2.75) is 26.3 Å². The largest absolute Gasteiger partial charge is 0.353 e. The lowest BCUT2D eigenvalue weighted by Gasteiger charge is -2.35. The number of anilines is 3. The predicted molar refractivity (Wildman–Crippen MR) is 91.9 cm³/mol. The fourth-order valence-electron chi connectivity index (χ4n) is 2.54. The van der Waals surface area contributed by atoms with Crippen LogP contribution >= 0.6 is 0 Å². The molecule has 0 saturated carbocycles. The van der Waals surface area contributed by atoms with Crippen LogP contribution in [0.2, 0.25) is 0 Å². The second kappa shape index (κ2) is 6.36. The topological polar surface area (TPSA) is 70.1 Å². The third-order valence-corrected chi connectivity index (χ3v) is 3.61. The van der Waals surface area contributed by atoms with Crippen LogP contribution in [0.4, 0.5) is 17.6 Å². The molecule has 7 heteroatoms. The van der Waals surface area contributed by atoms with E-state index in [9.17, 15) is 0 Å². The molecule has 122 valence electrons. The molecule has 0 aliphatic carbocycles. The van der Waals surface area contributed by atoms with Crippen LogP contribution in [0.5, 0.6) is 0 Å². The van der Waals surface area contributed by atoms with Crippen LogP contribution in [0.3, 0.4) is 0 Å². The molecule has 1 N–H and O–H groups in total. The monoisotopic (exact) mass is 313 g/mol. The maximum atomic E-state index is 4.59. The van der Waals surface area contributed by atoms with E-state index in [1.165, 1.54) is 0 Å². The Labute approximate surface area is 136 Å². The number of piperazine rings is 1. The first kappa shape index (κ1) is 15.5. The maximum Gasteiger partial charge on any atom is 0.245 e. The van der Waals surface area contributed by atoms with E-state index in [0.717, 1.165) is 37.8 Å². The zero-order valence-corrected chi connectivity index (χ0v) is 13.9. The number of nitrogens with one attached hydrogen (secondary N) is 1. The van der Waals surface area contributed by atoms with Crippen LogP contribution in [-0.4, -0.2) is 51.9 Å². The van der Waals surface area contributed by atoms with Gasteiger partial charge in [0.05, 0.1) is 6.20 Å². The van der Waals surface area contributed by atoms with E-state index in [-0.39, 0.29) is 5.54 Å². The minimum absolute atomic E-state index is 0.0853. The number of nitrogens with zero attached hydrogens (tertiary/aromatic N) is 6. The quantitative estimate of drug-likeness (QED) is 0.926. The molecule has 23 heavy (non-hydrogen) atoms. The van der Waals surface area contributed by atoms with Crippen molar-refractivity contribution in [2.75, 3.05) is 41.3 Å². The van der Waals surface area contributed by atoms with Crippen LogP contribution in [0.25, 0.3) is 0 Å². The van der Waals surface area contributed by atoms with Crippen molar-refractivity contribution in [2.24, 2.45) is 0 Å². The van der Waals surface area contributed by atoms with Gasteiger partial charge in [-0.05, 0) is 32.9 Å². The number of rotatable bonds is 3. The predicted octanol–water partition coefficient (Wildman–Crippen LogP) is 1.80. The van der Waals surface area contributed by atoms with E-state index in [4.69, 9.17) is 0 Å². The van der Waals surface area contributed by atoms with Crippen LogP contribution in [0, 0.1) is 0 Å². The Morgan fingerprint density at radius 2 is 1.70 bits per heavy atom. The molecule has 0 radical (unpaired) electrons. The summed E-state index contributed by atoms with van der Waals surface area (Å²) in [6.07, 6.45) is 3.56. The first-order valence-electron chi connectivity index (χ1n) is 7.90. The third-order valence-electron chi connectivity index (χ3n) is 3.61. The summed E-state index contributed by atoms with van der Waals surface area (Å²) < 4.78 is 0. The van der Waals surface area contributed by atoms with Gasteiger partial charge >= 0.3 is 0 Å². The van der Waals surface area contributed by atoms with E-state index < -0.39 is 0 Å². The van der Waals surface area contributed by atoms with Gasteiger partial charge in [-0.1, -0.05) is 6.07 Å². The second-order valence-corrected chi connectivity index (χ2v) is 6.68. The first-order valence-corrected chi connectivity index (χ1v) is 7.90. The lowest BCUT2D eigenvalue weighted by Crippen LogP contribution is -2.47. The second-order valence-electron chi connectivity index (χ2n) is 6.68. The van der Waals surface area contributed by atoms with Crippen molar-refractivity contribution in [3.8, 4) is 0 Å². The average Bonchev–Trinajstić information content (AvgIpc) is 2.55. The Bertz CT molecular complexity index is 630. The summed E-state index contributed by atoms with van der Waals surface area (Å²) in [5, 5.41) is 11.4. The van der Waals surface area contributed by atoms with Gasteiger partial charge in [-0.2, -0.15) is 10.1 Å². The molecule has 0 spiro atoms. The maximum absolute atomic E-state index is 4.59. The molecule has 2 aromatic rings. The normalized spacial score (nSPS) is 15.6. The van der Waals surface area contributed by atoms with Gasteiger partial charge in [-0.15, -0.1) is 5.10 Å². The van der Waals surface area contributed by atoms with Gasteiger partial charge in [0.15, 0.2) is 5.82 Å². The Morgan fingerprint density at radius 1 is 1.00 bits per heavy atom. The molecule has 0 unspecified atom stereocenters. The van der Waals surface area contributed by atoms with Gasteiger partial charge in [-0.25, -0.2) is 4.98 Å². The summed E-state index contributed by atoms with van der Waals surface area (Å²) >= 11 is 0. The lowest BCUT2D eigenvalue weighted by molar-refractivity contribution is 0.617. The zero-order chi connectivity index (χ0) is 16.3. The number of hydrogen-bond donors (Lipinski definition) is 1. The summed E-state index contributed by atoms with van der Waals surface area (Å²) in [4.78, 5) is 13.5. The molecule has 3 heterocycles. The molecule has 1 fully saturated rings. The first-order chi connectivity index (χ1) is 11.0. The summed E-state index contributed by atoms with van der Waals surface area (Å²) in [7, 11) is 0. The fraction of sp³-hybridized carbons (Fsp3) is 0.500. The SMILES string of the molecule is CC(C)(C)Nc1nncc(N2CCN(c3ccccn3)CC2)n1. The van der Waals surface area contributed by atoms with Gasteiger partial charge in [0, 0.05) is 37.9 Å². The van der Waals surface area contributed by atoms with E-state index >= 15 is 0 Å². The van der Waals surface area contributed by atoms with Crippen molar-refractivity contribution >= 4 is 17.6 Å². The van der Waals surface area contributed by atoms with E-state index in [1.807, 2.05) is 24.4 Å². The van der Waals surface area contributed by atoms with Crippen molar-refractivity contribution < 1.29 is 0 Å². The number of aromatic nitrogens is 4. The highest BCUT2D eigenvalue weighted by atomic mass is 15.3. The smallest absolute Gasteiger partial charge is 0.245 e. The fourth-order valence-corrected chi connectivity index (χ4v) is 2.54. The van der Waals surface area contributed by atoms with Gasteiger partial charge in [0.2, 0.25) is 5.95 Å².